The second-order valence-corrected chi connectivity index (χ2v) is 4.14. The van der Waals surface area contributed by atoms with Crippen molar-refractivity contribution < 1.29 is 4.79 Å². The van der Waals surface area contributed by atoms with Gasteiger partial charge in [-0.2, -0.15) is 0 Å². The highest BCUT2D eigenvalue weighted by atomic mass is 35.5. The summed E-state index contributed by atoms with van der Waals surface area (Å²) in [6.07, 6.45) is 0.534. The number of hydrogen-bond acceptors (Lipinski definition) is 3. The molecule has 1 atom stereocenters. The predicted octanol–water partition coefficient (Wildman–Crippen LogP) is 1.96. The van der Waals surface area contributed by atoms with E-state index in [4.69, 9.17) is 0 Å². The van der Waals surface area contributed by atoms with Gasteiger partial charge in [0.25, 0.3) is 0 Å². The molecule has 0 bridgehead atoms. The molecular weight excluding hydrogens is 232 g/mol. The Morgan fingerprint density at radius 3 is 2.87 bits per heavy atom. The van der Waals surface area contributed by atoms with Gasteiger partial charge < -0.3 is 10.6 Å². The molecule has 2 N–H and O–H groups in total. The number of hydrogen-bond donors (Lipinski definition) is 2. The highest BCUT2D eigenvalue weighted by Crippen LogP contribution is 2.17. The number of rotatable bonds is 5. The summed E-state index contributed by atoms with van der Waals surface area (Å²) in [7, 11) is 1.84. The molecule has 15 heavy (non-hydrogen) atoms. The summed E-state index contributed by atoms with van der Waals surface area (Å²) in [5, 5.41) is 7.92. The third kappa shape index (κ3) is 5.16. The van der Waals surface area contributed by atoms with Crippen LogP contribution in [-0.4, -0.2) is 19.5 Å². The van der Waals surface area contributed by atoms with Crippen LogP contribution >= 0.6 is 23.7 Å². The van der Waals surface area contributed by atoms with Gasteiger partial charge in [-0.15, -0.1) is 23.7 Å². The number of amides is 1. The average molecular weight is 249 g/mol. The Morgan fingerprint density at radius 1 is 1.60 bits per heavy atom. The zero-order valence-corrected chi connectivity index (χ0v) is 10.6. The Labute approximate surface area is 101 Å². The molecule has 0 aliphatic carbocycles. The van der Waals surface area contributed by atoms with Gasteiger partial charge in [0.2, 0.25) is 5.91 Å². The van der Waals surface area contributed by atoms with E-state index in [0.717, 1.165) is 6.54 Å². The average Bonchev–Trinajstić information content (AvgIpc) is 2.67. The van der Waals surface area contributed by atoms with E-state index in [1.165, 1.54) is 4.88 Å². The van der Waals surface area contributed by atoms with Crippen LogP contribution in [0.3, 0.4) is 0 Å². The maximum Gasteiger partial charge on any atom is 0.221 e. The minimum atomic E-state index is 0. The van der Waals surface area contributed by atoms with Gasteiger partial charge in [0, 0.05) is 17.8 Å². The smallest absolute Gasteiger partial charge is 0.221 e. The molecular formula is C10H17ClN2OS. The molecule has 0 saturated carbocycles. The van der Waals surface area contributed by atoms with E-state index in [9.17, 15) is 4.79 Å². The molecule has 1 aromatic rings. The van der Waals surface area contributed by atoms with Crippen LogP contribution in [0, 0.1) is 0 Å². The van der Waals surface area contributed by atoms with Crippen LogP contribution in [0.15, 0.2) is 17.5 Å². The van der Waals surface area contributed by atoms with Crippen LogP contribution in [0.2, 0.25) is 0 Å². The van der Waals surface area contributed by atoms with Crippen molar-refractivity contribution in [2.75, 3.05) is 13.6 Å². The normalized spacial score (nSPS) is 11.6. The van der Waals surface area contributed by atoms with Gasteiger partial charge >= 0.3 is 0 Å². The maximum atomic E-state index is 11.4. The lowest BCUT2D eigenvalue weighted by Gasteiger charge is -2.11. The molecule has 0 aromatic carbocycles. The maximum absolute atomic E-state index is 11.4. The standard InChI is InChI=1S/C10H16N2OS.ClH/c1-8(9-4-3-7-14-9)12-10(13)5-6-11-2;/h3-4,7-8,11H,5-6H2,1-2H3,(H,12,13);1H. The molecule has 3 nitrogen and oxygen atoms in total. The summed E-state index contributed by atoms with van der Waals surface area (Å²) in [5.74, 6) is 0.0975. The fourth-order valence-corrected chi connectivity index (χ4v) is 1.90. The van der Waals surface area contributed by atoms with E-state index in [2.05, 4.69) is 10.6 Å². The fraction of sp³-hybridized carbons (Fsp3) is 0.500. The number of halogens is 1. The Morgan fingerprint density at radius 2 is 2.33 bits per heavy atom. The Hall–Kier alpha value is -0.580. The molecule has 0 spiro atoms. The van der Waals surface area contributed by atoms with Crippen molar-refractivity contribution in [2.45, 2.75) is 19.4 Å². The van der Waals surface area contributed by atoms with Crippen LogP contribution in [0.25, 0.3) is 0 Å². The first-order valence-electron chi connectivity index (χ1n) is 4.71. The highest BCUT2D eigenvalue weighted by molar-refractivity contribution is 7.10. The van der Waals surface area contributed by atoms with Gasteiger partial charge in [-0.3, -0.25) is 4.79 Å². The first-order chi connectivity index (χ1) is 6.74. The SMILES string of the molecule is CNCCC(=O)NC(C)c1cccs1.Cl. The first-order valence-corrected chi connectivity index (χ1v) is 5.59. The van der Waals surface area contributed by atoms with Gasteiger partial charge in [0.15, 0.2) is 0 Å². The lowest BCUT2D eigenvalue weighted by Crippen LogP contribution is -2.28. The summed E-state index contributed by atoms with van der Waals surface area (Å²) in [4.78, 5) is 12.6. The van der Waals surface area contributed by atoms with E-state index >= 15 is 0 Å². The Balaban J connectivity index is 0.00000196. The molecule has 0 radical (unpaired) electrons. The predicted molar refractivity (Wildman–Crippen MR) is 66.7 cm³/mol. The van der Waals surface area contributed by atoms with Gasteiger partial charge in [-0.1, -0.05) is 6.07 Å². The van der Waals surface area contributed by atoms with Crippen molar-refractivity contribution in [3.8, 4) is 0 Å². The van der Waals surface area contributed by atoms with Crippen molar-refractivity contribution in [1.82, 2.24) is 10.6 Å². The van der Waals surface area contributed by atoms with E-state index in [1.807, 2.05) is 31.5 Å². The van der Waals surface area contributed by atoms with Crippen LogP contribution in [-0.2, 0) is 4.79 Å². The van der Waals surface area contributed by atoms with Crippen molar-refractivity contribution in [3.63, 3.8) is 0 Å². The molecule has 0 saturated heterocycles. The molecule has 1 unspecified atom stereocenters. The van der Waals surface area contributed by atoms with Gasteiger partial charge in [-0.05, 0) is 25.4 Å². The molecule has 1 aromatic heterocycles. The minimum absolute atomic E-state index is 0. The third-order valence-electron chi connectivity index (χ3n) is 1.95. The van der Waals surface area contributed by atoms with Crippen molar-refractivity contribution in [3.05, 3.63) is 22.4 Å². The van der Waals surface area contributed by atoms with Gasteiger partial charge in [0.1, 0.15) is 0 Å². The largest absolute Gasteiger partial charge is 0.349 e. The van der Waals surface area contributed by atoms with Crippen LogP contribution in [0.4, 0.5) is 0 Å². The molecule has 1 rings (SSSR count). The molecule has 86 valence electrons. The minimum Gasteiger partial charge on any atom is -0.349 e. The number of thiophene rings is 1. The van der Waals surface area contributed by atoms with Crippen molar-refractivity contribution >= 4 is 29.7 Å². The molecule has 1 amide bonds. The fourth-order valence-electron chi connectivity index (χ4n) is 1.16. The number of nitrogens with one attached hydrogen (secondary N) is 2. The topological polar surface area (TPSA) is 41.1 Å². The number of carbonyl (C=O) groups excluding carboxylic acids is 1. The van der Waals surface area contributed by atoms with Gasteiger partial charge in [-0.25, -0.2) is 0 Å². The van der Waals surface area contributed by atoms with Crippen LogP contribution in [0.5, 0.6) is 0 Å². The second-order valence-electron chi connectivity index (χ2n) is 3.16. The summed E-state index contributed by atoms with van der Waals surface area (Å²) in [6.45, 7) is 2.73. The summed E-state index contributed by atoms with van der Waals surface area (Å²) < 4.78 is 0. The van der Waals surface area contributed by atoms with Gasteiger partial charge in [0.05, 0.1) is 6.04 Å². The summed E-state index contributed by atoms with van der Waals surface area (Å²) in [5.41, 5.74) is 0. The van der Waals surface area contributed by atoms with Crippen LogP contribution in [0.1, 0.15) is 24.3 Å². The number of carbonyl (C=O) groups is 1. The van der Waals surface area contributed by atoms with Crippen molar-refractivity contribution in [1.29, 1.82) is 0 Å². The molecule has 0 aliphatic rings. The second kappa shape index (κ2) is 7.68. The lowest BCUT2D eigenvalue weighted by atomic mass is 10.2. The highest BCUT2D eigenvalue weighted by Gasteiger charge is 2.09. The summed E-state index contributed by atoms with van der Waals surface area (Å²) in [6, 6.07) is 4.16. The van der Waals surface area contributed by atoms with E-state index < -0.39 is 0 Å². The first kappa shape index (κ1) is 14.4. The quantitative estimate of drug-likeness (QED) is 0.837. The molecule has 1 heterocycles. The van der Waals surface area contributed by atoms with E-state index in [-0.39, 0.29) is 24.4 Å². The lowest BCUT2D eigenvalue weighted by molar-refractivity contribution is -0.121. The monoisotopic (exact) mass is 248 g/mol. The molecule has 0 fully saturated rings. The van der Waals surface area contributed by atoms with E-state index in [1.54, 1.807) is 11.3 Å². The van der Waals surface area contributed by atoms with Crippen LogP contribution < -0.4 is 10.6 Å². The molecule has 0 aliphatic heterocycles. The van der Waals surface area contributed by atoms with Crippen molar-refractivity contribution in [2.24, 2.45) is 0 Å². The van der Waals surface area contributed by atoms with E-state index in [0.29, 0.717) is 6.42 Å². The zero-order valence-electron chi connectivity index (χ0n) is 8.95. The third-order valence-corrected chi connectivity index (χ3v) is 3.00. The molecule has 5 heteroatoms. The zero-order chi connectivity index (χ0) is 10.4. The summed E-state index contributed by atoms with van der Waals surface area (Å²) >= 11 is 1.67. The Bertz CT molecular complexity index is 277. The Kier molecular flexibility index (Phi) is 7.38.